The van der Waals surface area contributed by atoms with E-state index in [-0.39, 0.29) is 12.2 Å². The number of carboxylic acid groups (broad SMARTS) is 1. The summed E-state index contributed by atoms with van der Waals surface area (Å²) in [5.74, 6) is 0.633. The van der Waals surface area contributed by atoms with Crippen LogP contribution in [-0.4, -0.2) is 17.9 Å². The second-order valence-electron chi connectivity index (χ2n) is 6.02. The fourth-order valence-electron chi connectivity index (χ4n) is 3.65. The first-order valence-corrected chi connectivity index (χ1v) is 7.19. The number of hydrogen-bond acceptors (Lipinski definition) is 3. The van der Waals surface area contributed by atoms with Gasteiger partial charge in [0.25, 0.3) is 0 Å². The van der Waals surface area contributed by atoms with Gasteiger partial charge in [-0.15, -0.1) is 0 Å². The fraction of sp³-hybridized carbons (Fsp3) is 0.562. The highest BCUT2D eigenvalue weighted by Crippen LogP contribution is 2.60. The number of fused-ring (bicyclic) bond motifs is 1. The largest absolute Gasteiger partial charge is 0.481 e. The Balaban J connectivity index is 1.95. The maximum Gasteiger partial charge on any atom is 0.314 e. The molecule has 20 heavy (non-hydrogen) atoms. The molecule has 0 unspecified atom stereocenters. The first-order chi connectivity index (χ1) is 9.55. The van der Waals surface area contributed by atoms with Crippen LogP contribution in [0.5, 0.6) is 11.5 Å². The number of aliphatic carboxylic acids is 1. The average molecular weight is 276 g/mol. The van der Waals surface area contributed by atoms with Crippen LogP contribution in [0.25, 0.3) is 0 Å². The van der Waals surface area contributed by atoms with E-state index < -0.39 is 11.4 Å². The first kappa shape index (κ1) is 13.3. The van der Waals surface area contributed by atoms with Crippen LogP contribution >= 0.6 is 0 Å². The van der Waals surface area contributed by atoms with Crippen molar-refractivity contribution in [2.24, 2.45) is 5.41 Å². The zero-order valence-electron chi connectivity index (χ0n) is 11.9. The Morgan fingerprint density at radius 1 is 1.20 bits per heavy atom. The zero-order chi connectivity index (χ0) is 14.4. The van der Waals surface area contributed by atoms with Gasteiger partial charge in [0.05, 0.1) is 5.41 Å². The molecule has 1 aromatic rings. The molecule has 0 bridgehead atoms. The number of carboxylic acids is 1. The van der Waals surface area contributed by atoms with Crippen molar-refractivity contribution < 1.29 is 19.4 Å². The predicted molar refractivity (Wildman–Crippen MR) is 74.1 cm³/mol. The molecule has 4 heteroatoms. The van der Waals surface area contributed by atoms with Crippen LogP contribution in [-0.2, 0) is 10.2 Å². The molecule has 0 aromatic heterocycles. The van der Waals surface area contributed by atoms with Crippen molar-refractivity contribution in [2.45, 2.75) is 44.9 Å². The molecule has 1 aliphatic heterocycles. The highest BCUT2D eigenvalue weighted by atomic mass is 16.7. The van der Waals surface area contributed by atoms with Gasteiger partial charge in [-0.25, -0.2) is 0 Å². The third kappa shape index (κ3) is 1.70. The minimum Gasteiger partial charge on any atom is -0.481 e. The lowest BCUT2D eigenvalue weighted by Crippen LogP contribution is -2.54. The van der Waals surface area contributed by atoms with Gasteiger partial charge in [0, 0.05) is 0 Å². The van der Waals surface area contributed by atoms with Crippen LogP contribution < -0.4 is 9.47 Å². The molecular formula is C16H20O4. The van der Waals surface area contributed by atoms with Crippen molar-refractivity contribution in [3.63, 3.8) is 0 Å². The fourth-order valence-corrected chi connectivity index (χ4v) is 3.65. The summed E-state index contributed by atoms with van der Waals surface area (Å²) in [4.78, 5) is 11.9. The van der Waals surface area contributed by atoms with E-state index in [0.717, 1.165) is 18.4 Å². The molecule has 0 spiro atoms. The normalized spacial score (nSPS) is 21.3. The van der Waals surface area contributed by atoms with Crippen molar-refractivity contribution in [1.29, 1.82) is 0 Å². The smallest absolute Gasteiger partial charge is 0.314 e. The molecule has 0 radical (unpaired) electrons. The number of rotatable bonds is 4. The summed E-state index contributed by atoms with van der Waals surface area (Å²) in [6.45, 7) is 4.51. The maximum absolute atomic E-state index is 11.9. The van der Waals surface area contributed by atoms with Gasteiger partial charge in [-0.3, -0.25) is 4.79 Å². The van der Waals surface area contributed by atoms with E-state index in [1.54, 1.807) is 0 Å². The Labute approximate surface area is 118 Å². The Morgan fingerprint density at radius 3 is 2.45 bits per heavy atom. The maximum atomic E-state index is 11.9. The third-order valence-electron chi connectivity index (χ3n) is 5.19. The lowest BCUT2D eigenvalue weighted by atomic mass is 9.48. The second-order valence-corrected chi connectivity index (χ2v) is 6.02. The molecule has 108 valence electrons. The molecule has 2 aliphatic rings. The van der Waals surface area contributed by atoms with Gasteiger partial charge in [0.1, 0.15) is 0 Å². The Bertz CT molecular complexity index is 537. The summed E-state index contributed by atoms with van der Waals surface area (Å²) in [6.07, 6.45) is 3.48. The summed E-state index contributed by atoms with van der Waals surface area (Å²) < 4.78 is 10.7. The number of hydrogen-bond donors (Lipinski definition) is 1. The predicted octanol–water partition coefficient (Wildman–Crippen LogP) is 3.34. The number of carbonyl (C=O) groups is 1. The molecule has 1 aromatic carbocycles. The lowest BCUT2D eigenvalue weighted by molar-refractivity contribution is -0.155. The highest BCUT2D eigenvalue weighted by molar-refractivity contribution is 5.83. The van der Waals surface area contributed by atoms with Crippen molar-refractivity contribution in [1.82, 2.24) is 0 Å². The van der Waals surface area contributed by atoms with Crippen molar-refractivity contribution in [2.75, 3.05) is 6.79 Å². The van der Waals surface area contributed by atoms with E-state index >= 15 is 0 Å². The number of ether oxygens (including phenoxy) is 2. The van der Waals surface area contributed by atoms with Gasteiger partial charge < -0.3 is 14.6 Å². The van der Waals surface area contributed by atoms with E-state index in [4.69, 9.17) is 9.47 Å². The first-order valence-electron chi connectivity index (χ1n) is 7.19. The van der Waals surface area contributed by atoms with Crippen molar-refractivity contribution >= 4 is 5.97 Å². The van der Waals surface area contributed by atoms with Crippen LogP contribution in [0.1, 0.15) is 45.1 Å². The lowest BCUT2D eigenvalue weighted by Gasteiger charge is -2.54. The molecule has 1 fully saturated rings. The molecule has 4 nitrogen and oxygen atoms in total. The van der Waals surface area contributed by atoms with E-state index in [9.17, 15) is 9.90 Å². The molecule has 1 heterocycles. The SMILES string of the molecule is CCC1(CC)CC(C(=O)O)(c2ccc3c(c2)OCO3)C1. The topological polar surface area (TPSA) is 55.8 Å². The van der Waals surface area contributed by atoms with E-state index in [2.05, 4.69) is 13.8 Å². The van der Waals surface area contributed by atoms with Crippen molar-refractivity contribution in [3.05, 3.63) is 23.8 Å². The van der Waals surface area contributed by atoms with E-state index in [0.29, 0.717) is 24.3 Å². The van der Waals surface area contributed by atoms with Gasteiger partial charge in [0.2, 0.25) is 6.79 Å². The molecule has 3 rings (SSSR count). The summed E-state index contributed by atoms with van der Waals surface area (Å²) in [5.41, 5.74) is 0.258. The molecule has 1 saturated carbocycles. The minimum absolute atomic E-state index is 0.175. The minimum atomic E-state index is -0.757. The summed E-state index contributed by atoms with van der Waals surface area (Å²) >= 11 is 0. The van der Waals surface area contributed by atoms with Gasteiger partial charge >= 0.3 is 5.97 Å². The zero-order valence-corrected chi connectivity index (χ0v) is 11.9. The summed E-state index contributed by atoms with van der Waals surface area (Å²) in [5, 5.41) is 9.74. The Hall–Kier alpha value is -1.71. The highest BCUT2D eigenvalue weighted by Gasteiger charge is 2.58. The van der Waals surface area contributed by atoms with Gasteiger partial charge in [0.15, 0.2) is 11.5 Å². The molecule has 0 saturated heterocycles. The van der Waals surface area contributed by atoms with Gasteiger partial charge in [-0.05, 0) is 36.0 Å². The van der Waals surface area contributed by atoms with Crippen LogP contribution in [0.2, 0.25) is 0 Å². The monoisotopic (exact) mass is 276 g/mol. The second kappa shape index (κ2) is 4.40. The van der Waals surface area contributed by atoms with Crippen molar-refractivity contribution in [3.8, 4) is 11.5 Å². The Morgan fingerprint density at radius 2 is 1.85 bits per heavy atom. The van der Waals surface area contributed by atoms with Crippen LogP contribution in [0.15, 0.2) is 18.2 Å². The Kier molecular flexibility index (Phi) is 2.92. The third-order valence-corrected chi connectivity index (χ3v) is 5.19. The van der Waals surface area contributed by atoms with E-state index in [1.807, 2.05) is 18.2 Å². The quantitative estimate of drug-likeness (QED) is 0.916. The van der Waals surface area contributed by atoms with Crippen LogP contribution in [0, 0.1) is 5.41 Å². The molecule has 1 aliphatic carbocycles. The van der Waals surface area contributed by atoms with Crippen LogP contribution in [0.3, 0.4) is 0 Å². The standard InChI is InChI=1S/C16H20O4/c1-3-15(4-2)8-16(9-15,14(17)18)11-5-6-12-13(7-11)20-10-19-12/h5-7H,3-4,8-10H2,1-2H3,(H,17,18). The van der Waals surface area contributed by atoms with E-state index in [1.165, 1.54) is 0 Å². The average Bonchev–Trinajstić information content (AvgIpc) is 2.86. The summed E-state index contributed by atoms with van der Waals surface area (Å²) in [7, 11) is 0. The van der Waals surface area contributed by atoms with Gasteiger partial charge in [-0.2, -0.15) is 0 Å². The molecule has 0 amide bonds. The number of benzene rings is 1. The van der Waals surface area contributed by atoms with Crippen LogP contribution in [0.4, 0.5) is 0 Å². The molecular weight excluding hydrogens is 256 g/mol. The molecule has 1 N–H and O–H groups in total. The summed E-state index contributed by atoms with van der Waals surface area (Å²) in [6, 6.07) is 5.53. The van der Waals surface area contributed by atoms with Gasteiger partial charge in [-0.1, -0.05) is 32.8 Å². The molecule has 0 atom stereocenters.